The SMILES string of the molecule is CCC(CC)CNc1nc2ccccc2nc1N. The first kappa shape index (κ1) is 12.6. The zero-order valence-corrected chi connectivity index (χ0v) is 11.0. The summed E-state index contributed by atoms with van der Waals surface area (Å²) in [6.07, 6.45) is 2.31. The minimum absolute atomic E-state index is 0.472. The Kier molecular flexibility index (Phi) is 3.97. The van der Waals surface area contributed by atoms with Gasteiger partial charge in [-0.2, -0.15) is 0 Å². The summed E-state index contributed by atoms with van der Waals surface area (Å²) in [7, 11) is 0. The van der Waals surface area contributed by atoms with E-state index in [2.05, 4.69) is 29.1 Å². The van der Waals surface area contributed by atoms with Crippen molar-refractivity contribution in [3.63, 3.8) is 0 Å². The van der Waals surface area contributed by atoms with Crippen LogP contribution in [0.5, 0.6) is 0 Å². The van der Waals surface area contributed by atoms with Crippen LogP contribution in [0.4, 0.5) is 11.6 Å². The maximum atomic E-state index is 5.92. The molecule has 18 heavy (non-hydrogen) atoms. The second kappa shape index (κ2) is 5.67. The van der Waals surface area contributed by atoms with Crippen LogP contribution in [0, 0.1) is 5.92 Å². The summed E-state index contributed by atoms with van der Waals surface area (Å²) in [5, 5.41) is 3.31. The van der Waals surface area contributed by atoms with E-state index in [0.717, 1.165) is 30.4 Å². The summed E-state index contributed by atoms with van der Waals surface area (Å²) >= 11 is 0. The molecule has 1 heterocycles. The molecule has 4 heteroatoms. The van der Waals surface area contributed by atoms with Crippen LogP contribution in [-0.2, 0) is 0 Å². The van der Waals surface area contributed by atoms with Crippen molar-refractivity contribution in [2.24, 2.45) is 5.92 Å². The van der Waals surface area contributed by atoms with Gasteiger partial charge in [-0.15, -0.1) is 0 Å². The Balaban J connectivity index is 2.20. The predicted octanol–water partition coefficient (Wildman–Crippen LogP) is 3.06. The highest BCUT2D eigenvalue weighted by Gasteiger charge is 2.08. The van der Waals surface area contributed by atoms with Gasteiger partial charge in [-0.1, -0.05) is 38.8 Å². The summed E-state index contributed by atoms with van der Waals surface area (Å²) in [6, 6.07) is 7.76. The second-order valence-electron chi connectivity index (χ2n) is 4.51. The van der Waals surface area contributed by atoms with Gasteiger partial charge in [0.2, 0.25) is 0 Å². The fourth-order valence-electron chi connectivity index (χ4n) is 1.96. The molecule has 0 bridgehead atoms. The van der Waals surface area contributed by atoms with Gasteiger partial charge in [-0.05, 0) is 18.1 Å². The summed E-state index contributed by atoms with van der Waals surface area (Å²) < 4.78 is 0. The fraction of sp³-hybridized carbons (Fsp3) is 0.429. The lowest BCUT2D eigenvalue weighted by atomic mass is 10.0. The molecule has 0 aliphatic rings. The lowest BCUT2D eigenvalue weighted by Gasteiger charge is -2.14. The third-order valence-electron chi connectivity index (χ3n) is 3.31. The summed E-state index contributed by atoms with van der Waals surface area (Å²) in [5.74, 6) is 1.82. The van der Waals surface area contributed by atoms with Gasteiger partial charge in [0.1, 0.15) is 0 Å². The van der Waals surface area contributed by atoms with Crippen LogP contribution in [0.25, 0.3) is 11.0 Å². The molecule has 96 valence electrons. The molecule has 0 fully saturated rings. The van der Waals surface area contributed by atoms with Crippen LogP contribution in [0.15, 0.2) is 24.3 Å². The van der Waals surface area contributed by atoms with Crippen LogP contribution in [-0.4, -0.2) is 16.5 Å². The van der Waals surface area contributed by atoms with Gasteiger partial charge >= 0.3 is 0 Å². The summed E-state index contributed by atoms with van der Waals surface area (Å²) in [5.41, 5.74) is 7.63. The predicted molar refractivity (Wildman–Crippen MR) is 76.5 cm³/mol. The molecule has 0 aliphatic heterocycles. The third-order valence-corrected chi connectivity index (χ3v) is 3.31. The van der Waals surface area contributed by atoms with Crippen LogP contribution >= 0.6 is 0 Å². The number of aromatic nitrogens is 2. The quantitative estimate of drug-likeness (QED) is 0.848. The number of anilines is 2. The topological polar surface area (TPSA) is 63.8 Å². The molecule has 0 saturated heterocycles. The largest absolute Gasteiger partial charge is 0.381 e. The number of nitrogens with one attached hydrogen (secondary N) is 1. The Hall–Kier alpha value is -1.84. The lowest BCUT2D eigenvalue weighted by Crippen LogP contribution is -2.15. The molecule has 0 saturated carbocycles. The fourth-order valence-corrected chi connectivity index (χ4v) is 1.96. The minimum Gasteiger partial charge on any atom is -0.381 e. The number of benzene rings is 1. The van der Waals surface area contributed by atoms with E-state index in [-0.39, 0.29) is 0 Å². The monoisotopic (exact) mass is 244 g/mol. The molecular weight excluding hydrogens is 224 g/mol. The molecule has 1 aromatic heterocycles. The van der Waals surface area contributed by atoms with Crippen molar-refractivity contribution < 1.29 is 0 Å². The highest BCUT2D eigenvalue weighted by molar-refractivity contribution is 5.79. The van der Waals surface area contributed by atoms with E-state index in [1.807, 2.05) is 24.3 Å². The van der Waals surface area contributed by atoms with Gasteiger partial charge in [0.15, 0.2) is 11.6 Å². The van der Waals surface area contributed by atoms with Gasteiger partial charge < -0.3 is 11.1 Å². The van der Waals surface area contributed by atoms with E-state index in [9.17, 15) is 0 Å². The minimum atomic E-state index is 0.472. The van der Waals surface area contributed by atoms with Gasteiger partial charge in [0.05, 0.1) is 11.0 Å². The van der Waals surface area contributed by atoms with Crippen LogP contribution in [0.3, 0.4) is 0 Å². The lowest BCUT2D eigenvalue weighted by molar-refractivity contribution is 0.518. The zero-order valence-electron chi connectivity index (χ0n) is 11.0. The highest BCUT2D eigenvalue weighted by Crippen LogP contribution is 2.19. The van der Waals surface area contributed by atoms with Crippen molar-refractivity contribution in [1.82, 2.24) is 9.97 Å². The molecular formula is C14H20N4. The molecule has 0 aliphatic carbocycles. The van der Waals surface area contributed by atoms with Crippen LogP contribution < -0.4 is 11.1 Å². The molecule has 1 aromatic carbocycles. The van der Waals surface area contributed by atoms with Crippen molar-refractivity contribution in [2.45, 2.75) is 26.7 Å². The molecule has 0 unspecified atom stereocenters. The number of hydrogen-bond donors (Lipinski definition) is 2. The maximum absolute atomic E-state index is 5.92. The Morgan fingerprint density at radius 2 is 1.72 bits per heavy atom. The summed E-state index contributed by atoms with van der Waals surface area (Å²) in [6.45, 7) is 5.29. The normalized spacial score (nSPS) is 11.1. The number of para-hydroxylation sites is 2. The molecule has 4 nitrogen and oxygen atoms in total. The Bertz CT molecular complexity index is 520. The Labute approximate surface area is 108 Å². The molecule has 3 N–H and O–H groups in total. The first-order valence-corrected chi connectivity index (χ1v) is 6.50. The van der Waals surface area contributed by atoms with Gasteiger partial charge in [0.25, 0.3) is 0 Å². The number of nitrogens with two attached hydrogens (primary N) is 1. The number of hydrogen-bond acceptors (Lipinski definition) is 4. The molecule has 0 radical (unpaired) electrons. The average Bonchev–Trinajstić information content (AvgIpc) is 2.40. The molecule has 2 rings (SSSR count). The first-order valence-electron chi connectivity index (χ1n) is 6.50. The zero-order chi connectivity index (χ0) is 13.0. The van der Waals surface area contributed by atoms with E-state index in [0.29, 0.717) is 17.6 Å². The van der Waals surface area contributed by atoms with E-state index >= 15 is 0 Å². The summed E-state index contributed by atoms with van der Waals surface area (Å²) in [4.78, 5) is 8.87. The van der Waals surface area contributed by atoms with Crippen LogP contribution in [0.2, 0.25) is 0 Å². The smallest absolute Gasteiger partial charge is 0.169 e. The Morgan fingerprint density at radius 3 is 2.33 bits per heavy atom. The second-order valence-corrected chi connectivity index (χ2v) is 4.51. The van der Waals surface area contributed by atoms with Gasteiger partial charge in [0, 0.05) is 6.54 Å². The van der Waals surface area contributed by atoms with Gasteiger partial charge in [-0.25, -0.2) is 9.97 Å². The first-order chi connectivity index (χ1) is 8.74. The van der Waals surface area contributed by atoms with Crippen molar-refractivity contribution in [2.75, 3.05) is 17.6 Å². The molecule has 2 aromatic rings. The number of nitrogen functional groups attached to an aromatic ring is 1. The van der Waals surface area contributed by atoms with E-state index in [1.165, 1.54) is 0 Å². The van der Waals surface area contributed by atoms with Crippen LogP contribution in [0.1, 0.15) is 26.7 Å². The maximum Gasteiger partial charge on any atom is 0.169 e. The van der Waals surface area contributed by atoms with Crippen molar-refractivity contribution >= 4 is 22.7 Å². The number of rotatable bonds is 5. The number of fused-ring (bicyclic) bond motifs is 1. The van der Waals surface area contributed by atoms with E-state index < -0.39 is 0 Å². The van der Waals surface area contributed by atoms with Crippen molar-refractivity contribution in [3.05, 3.63) is 24.3 Å². The standard InChI is InChI=1S/C14H20N4/c1-3-10(4-2)9-16-14-13(15)17-11-7-5-6-8-12(11)18-14/h5-8,10H,3-4,9H2,1-2H3,(H2,15,17)(H,16,18). The molecule has 0 amide bonds. The average molecular weight is 244 g/mol. The molecule has 0 atom stereocenters. The number of nitrogens with zero attached hydrogens (tertiary/aromatic N) is 2. The van der Waals surface area contributed by atoms with E-state index in [4.69, 9.17) is 5.73 Å². The Morgan fingerprint density at radius 1 is 1.11 bits per heavy atom. The van der Waals surface area contributed by atoms with Crippen molar-refractivity contribution in [1.29, 1.82) is 0 Å². The van der Waals surface area contributed by atoms with E-state index in [1.54, 1.807) is 0 Å². The highest BCUT2D eigenvalue weighted by atomic mass is 15.1. The van der Waals surface area contributed by atoms with Gasteiger partial charge in [-0.3, -0.25) is 0 Å². The molecule has 0 spiro atoms. The third kappa shape index (κ3) is 2.70. The van der Waals surface area contributed by atoms with Crippen molar-refractivity contribution in [3.8, 4) is 0 Å².